The van der Waals surface area contributed by atoms with Crippen molar-refractivity contribution in [1.29, 1.82) is 0 Å². The van der Waals surface area contributed by atoms with Crippen LogP contribution in [0.25, 0.3) is 0 Å². The van der Waals surface area contributed by atoms with Crippen LogP contribution in [-0.4, -0.2) is 101 Å². The molecule has 248 valence electrons. The number of hydrogen-bond acceptors (Lipinski definition) is 4. The number of carbonyl (C=O) groups excluding carboxylic acids is 2. The Hall–Kier alpha value is -1.62. The van der Waals surface area contributed by atoms with Crippen LogP contribution >= 0.6 is 23.2 Å². The van der Waals surface area contributed by atoms with Gasteiger partial charge in [0, 0.05) is 13.1 Å². The number of likely N-dealkylation sites (tertiary alicyclic amines) is 2. The number of likely N-dealkylation sites (N-methyl/N-ethyl adjacent to an activating group) is 2. The molecule has 0 spiro atoms. The number of nitrogens with one attached hydrogen (secondary N) is 4. The first-order valence-electron chi connectivity index (χ1n) is 15.5. The van der Waals surface area contributed by atoms with Crippen molar-refractivity contribution in [1.82, 2.24) is 9.80 Å². The van der Waals surface area contributed by atoms with Crippen LogP contribution < -0.4 is 45.2 Å². The molecule has 4 N–H and O–H groups in total. The molecule has 2 atom stereocenters. The van der Waals surface area contributed by atoms with Crippen molar-refractivity contribution in [3.8, 4) is 0 Å². The minimum absolute atomic E-state index is 0. The Kier molecular flexibility index (Phi) is 21.0. The van der Waals surface area contributed by atoms with Gasteiger partial charge < -0.3 is 45.2 Å². The Balaban J connectivity index is 0.000000421. The van der Waals surface area contributed by atoms with Crippen molar-refractivity contribution in [2.24, 2.45) is 0 Å². The summed E-state index contributed by atoms with van der Waals surface area (Å²) in [6.45, 7) is 9.91. The molecular formula is C32H50Cl4N6O2. The van der Waals surface area contributed by atoms with E-state index in [4.69, 9.17) is 23.2 Å². The van der Waals surface area contributed by atoms with Crippen molar-refractivity contribution in [2.75, 3.05) is 90.2 Å². The highest BCUT2D eigenvalue weighted by Crippen LogP contribution is 2.20. The molecule has 0 bridgehead atoms. The van der Waals surface area contributed by atoms with Gasteiger partial charge in [-0.2, -0.15) is 0 Å². The molecular weight excluding hydrogens is 642 g/mol. The van der Waals surface area contributed by atoms with Gasteiger partial charge in [-0.1, -0.05) is 60.3 Å². The van der Waals surface area contributed by atoms with Crippen LogP contribution in [0.4, 0.5) is 11.4 Å². The average Bonchev–Trinajstić information content (AvgIpc) is 2.99. The molecule has 2 saturated heterocycles. The van der Waals surface area contributed by atoms with Crippen LogP contribution in [-0.2, 0) is 9.59 Å². The summed E-state index contributed by atoms with van der Waals surface area (Å²) in [6, 6.07) is 14.7. The molecule has 0 aliphatic carbocycles. The van der Waals surface area contributed by atoms with Crippen molar-refractivity contribution < 1.29 is 44.2 Å². The zero-order valence-corrected chi connectivity index (χ0v) is 29.2. The summed E-state index contributed by atoms with van der Waals surface area (Å²) in [5.74, 6) is 0.0264. The normalized spacial score (nSPS) is 16.6. The first-order valence-corrected chi connectivity index (χ1v) is 16.2. The molecule has 2 unspecified atom stereocenters. The van der Waals surface area contributed by atoms with E-state index in [9.17, 15) is 9.59 Å². The van der Waals surface area contributed by atoms with E-state index < -0.39 is 0 Å². The summed E-state index contributed by atoms with van der Waals surface area (Å²) in [6.07, 6.45) is 7.97. The molecule has 2 fully saturated rings. The predicted molar refractivity (Wildman–Crippen MR) is 174 cm³/mol. The zero-order valence-electron chi connectivity index (χ0n) is 26.2. The molecule has 2 aromatic carbocycles. The fourth-order valence-corrected chi connectivity index (χ4v) is 5.67. The first-order chi connectivity index (χ1) is 20.3. The van der Waals surface area contributed by atoms with Gasteiger partial charge in [-0.3, -0.25) is 19.4 Å². The summed E-state index contributed by atoms with van der Waals surface area (Å²) in [5, 5.41) is 6.91. The van der Waals surface area contributed by atoms with Gasteiger partial charge in [-0.25, -0.2) is 0 Å². The highest BCUT2D eigenvalue weighted by Gasteiger charge is 2.16. The number of quaternary nitrogens is 2. The van der Waals surface area contributed by atoms with Crippen LogP contribution in [0.1, 0.15) is 38.5 Å². The fourth-order valence-electron chi connectivity index (χ4n) is 5.30. The third kappa shape index (κ3) is 16.1. The second kappa shape index (κ2) is 22.8. The summed E-state index contributed by atoms with van der Waals surface area (Å²) >= 11 is 12.1. The van der Waals surface area contributed by atoms with Gasteiger partial charge in [0.15, 0.2) is 13.1 Å². The fraction of sp³-hybridized carbons (Fsp3) is 0.562. The van der Waals surface area contributed by atoms with Gasteiger partial charge in [0.2, 0.25) is 0 Å². The lowest BCUT2D eigenvalue weighted by Gasteiger charge is -2.27. The number of carbonyl (C=O) groups is 2. The summed E-state index contributed by atoms with van der Waals surface area (Å²) in [5.41, 5.74) is 1.38. The molecule has 4 rings (SSSR count). The first kappa shape index (κ1) is 40.4. The van der Waals surface area contributed by atoms with Gasteiger partial charge in [0.25, 0.3) is 11.8 Å². The van der Waals surface area contributed by atoms with E-state index in [1.54, 1.807) is 12.1 Å². The number of benzene rings is 2. The maximum Gasteiger partial charge on any atom is 0.279 e. The van der Waals surface area contributed by atoms with Gasteiger partial charge in [-0.05, 0) is 76.1 Å². The second-order valence-corrected chi connectivity index (χ2v) is 12.4. The van der Waals surface area contributed by atoms with E-state index in [0.29, 0.717) is 34.5 Å². The van der Waals surface area contributed by atoms with Crippen LogP contribution in [0, 0.1) is 0 Å². The highest BCUT2D eigenvalue weighted by molar-refractivity contribution is 6.34. The predicted octanol–water partition coefficient (Wildman–Crippen LogP) is -3.43. The summed E-state index contributed by atoms with van der Waals surface area (Å²) in [4.78, 5) is 31.5. The lowest BCUT2D eigenvalue weighted by Crippen LogP contribution is -3.10. The van der Waals surface area contributed by atoms with Crippen molar-refractivity contribution >= 4 is 46.4 Å². The number of piperidine rings is 2. The van der Waals surface area contributed by atoms with Gasteiger partial charge in [0.05, 0.1) is 48.6 Å². The third-order valence-electron chi connectivity index (χ3n) is 7.83. The number of hydrogen-bond donors (Lipinski definition) is 4. The van der Waals surface area contributed by atoms with E-state index in [0.717, 1.165) is 26.2 Å². The Labute approximate surface area is 286 Å². The van der Waals surface area contributed by atoms with E-state index in [2.05, 4.69) is 34.5 Å². The second-order valence-electron chi connectivity index (χ2n) is 11.6. The van der Waals surface area contributed by atoms with Crippen molar-refractivity contribution in [3.63, 3.8) is 0 Å². The van der Waals surface area contributed by atoms with Gasteiger partial charge in [-0.15, -0.1) is 0 Å². The topological polar surface area (TPSA) is 73.6 Å². The Morgan fingerprint density at radius 3 is 1.32 bits per heavy atom. The molecule has 2 heterocycles. The highest BCUT2D eigenvalue weighted by atomic mass is 35.5. The maximum atomic E-state index is 12.0. The molecule has 0 saturated carbocycles. The molecule has 0 radical (unpaired) electrons. The average molecular weight is 693 g/mol. The number of rotatable bonds is 12. The minimum atomic E-state index is 0. The van der Waals surface area contributed by atoms with Crippen molar-refractivity contribution in [2.45, 2.75) is 38.5 Å². The largest absolute Gasteiger partial charge is 1.00 e. The van der Waals surface area contributed by atoms with Crippen LogP contribution in [0.5, 0.6) is 0 Å². The molecule has 12 heteroatoms. The number of anilines is 2. The summed E-state index contributed by atoms with van der Waals surface area (Å²) in [7, 11) is 4.13. The molecule has 8 nitrogen and oxygen atoms in total. The standard InChI is InChI=1S/2C16H24ClN3O.2ClH/c2*1-19(11-12-20-9-5-2-6-10-20)13-16(21)18-15-8-4-3-7-14(15)17;;/h2*3-4,7-8H,2,5-6,9-13H2,1H3,(H,18,21);2*1H. The van der Waals surface area contributed by atoms with E-state index in [-0.39, 0.29) is 36.6 Å². The molecule has 0 aromatic heterocycles. The van der Waals surface area contributed by atoms with Gasteiger partial charge >= 0.3 is 0 Å². The smallest absolute Gasteiger partial charge is 0.279 e. The molecule has 44 heavy (non-hydrogen) atoms. The number of amides is 2. The number of nitrogens with zero attached hydrogens (tertiary/aromatic N) is 2. The lowest BCUT2D eigenvalue weighted by molar-refractivity contribution is -0.870. The Bertz CT molecular complexity index is 1010. The minimum Gasteiger partial charge on any atom is -1.00 e. The SMILES string of the molecule is C[NH+](CCN1CCCCC1)CC(=O)Nc1ccccc1Cl.C[NH+](CCN1CCCCC1)CC(=O)Nc1ccccc1Cl.[Cl-].[Cl-]. The lowest BCUT2D eigenvalue weighted by atomic mass is 10.1. The molecule has 2 aliphatic heterocycles. The molecule has 2 aromatic rings. The number of halogens is 4. The Morgan fingerprint density at radius 1 is 0.636 bits per heavy atom. The molecule has 2 aliphatic rings. The number of para-hydroxylation sites is 2. The van der Waals surface area contributed by atoms with Gasteiger partial charge in [0.1, 0.15) is 0 Å². The zero-order chi connectivity index (χ0) is 30.2. The van der Waals surface area contributed by atoms with Crippen LogP contribution in [0.2, 0.25) is 10.0 Å². The van der Waals surface area contributed by atoms with Crippen LogP contribution in [0.15, 0.2) is 48.5 Å². The molecule has 2 amide bonds. The van der Waals surface area contributed by atoms with Crippen molar-refractivity contribution in [3.05, 3.63) is 58.6 Å². The monoisotopic (exact) mass is 690 g/mol. The third-order valence-corrected chi connectivity index (χ3v) is 8.49. The van der Waals surface area contributed by atoms with E-state index in [1.807, 2.05) is 36.4 Å². The van der Waals surface area contributed by atoms with E-state index >= 15 is 0 Å². The summed E-state index contributed by atoms with van der Waals surface area (Å²) < 4.78 is 0. The van der Waals surface area contributed by atoms with Crippen LogP contribution in [0.3, 0.4) is 0 Å². The maximum absolute atomic E-state index is 12.0. The van der Waals surface area contributed by atoms with E-state index in [1.165, 1.54) is 74.5 Å². The Morgan fingerprint density at radius 2 is 0.977 bits per heavy atom. The quantitative estimate of drug-likeness (QED) is 0.187.